The molecule has 0 aromatic carbocycles. The zero-order valence-corrected chi connectivity index (χ0v) is 14.5. The predicted octanol–water partition coefficient (Wildman–Crippen LogP) is 2.83. The summed E-state index contributed by atoms with van der Waals surface area (Å²) in [5, 5.41) is 0. The number of aromatic nitrogens is 2. The molecular formula is C18H23N3O3. The zero-order chi connectivity index (χ0) is 17.4. The van der Waals surface area contributed by atoms with E-state index < -0.39 is 0 Å². The Labute approximate surface area is 141 Å². The second-order valence-corrected chi connectivity index (χ2v) is 6.15. The molecule has 1 atom stereocenters. The normalized spacial score (nSPS) is 16.8. The number of hydrogen-bond acceptors (Lipinski definition) is 3. The molecule has 0 unspecified atom stereocenters. The maximum absolute atomic E-state index is 13.0. The number of nitrogens with zero attached hydrogens (tertiary/aromatic N) is 2. The largest absolute Gasteiger partial charge is 0.462 e. The molecule has 1 N–H and O–H groups in total. The number of nitrogens with one attached hydrogen (secondary N) is 1. The van der Waals surface area contributed by atoms with Crippen molar-refractivity contribution in [2.75, 3.05) is 13.2 Å². The molecule has 0 bridgehead atoms. The zero-order valence-electron chi connectivity index (χ0n) is 14.5. The molecule has 6 nitrogen and oxygen atoms in total. The van der Waals surface area contributed by atoms with Crippen molar-refractivity contribution in [3.8, 4) is 0 Å². The molecular weight excluding hydrogens is 306 g/mol. The molecule has 0 saturated carbocycles. The second kappa shape index (κ2) is 6.19. The van der Waals surface area contributed by atoms with E-state index in [-0.39, 0.29) is 17.9 Å². The lowest BCUT2D eigenvalue weighted by atomic mass is 10.1. The summed E-state index contributed by atoms with van der Waals surface area (Å²) in [6.45, 7) is 9.12. The van der Waals surface area contributed by atoms with Crippen molar-refractivity contribution < 1.29 is 14.3 Å². The van der Waals surface area contributed by atoms with Crippen LogP contribution in [0.1, 0.15) is 57.7 Å². The van der Waals surface area contributed by atoms with Gasteiger partial charge < -0.3 is 19.2 Å². The Hall–Kier alpha value is -2.50. The number of esters is 1. The molecule has 3 rings (SSSR count). The highest BCUT2D eigenvalue weighted by atomic mass is 16.5. The summed E-state index contributed by atoms with van der Waals surface area (Å²) in [7, 11) is 0. The standard InChI is InChI=1S/C18H23N3O3/c1-5-24-18(23)15-11(2)16(19-12(15)3)17(22)21-10-9-20-8-6-7-14(20)13(21)4/h6-8,13,19H,5,9-10H2,1-4H3/t13-/m0/s1. The molecule has 2 aromatic heterocycles. The molecule has 6 heteroatoms. The first-order valence-corrected chi connectivity index (χ1v) is 8.28. The van der Waals surface area contributed by atoms with E-state index in [0.717, 1.165) is 12.2 Å². The molecule has 1 amide bonds. The van der Waals surface area contributed by atoms with Gasteiger partial charge in [-0.2, -0.15) is 0 Å². The molecule has 0 spiro atoms. The number of carbonyl (C=O) groups is 2. The van der Waals surface area contributed by atoms with Gasteiger partial charge in [-0.3, -0.25) is 4.79 Å². The summed E-state index contributed by atoms with van der Waals surface area (Å²) in [6.07, 6.45) is 2.04. The van der Waals surface area contributed by atoms with Crippen LogP contribution in [-0.2, 0) is 11.3 Å². The Kier molecular flexibility index (Phi) is 4.22. The molecule has 24 heavy (non-hydrogen) atoms. The van der Waals surface area contributed by atoms with E-state index in [9.17, 15) is 9.59 Å². The number of ether oxygens (including phenoxy) is 1. The molecule has 0 saturated heterocycles. The molecule has 1 aliphatic rings. The van der Waals surface area contributed by atoms with Crippen molar-refractivity contribution in [3.05, 3.63) is 46.5 Å². The summed E-state index contributed by atoms with van der Waals surface area (Å²) in [6, 6.07) is 4.04. The molecule has 3 heterocycles. The number of carbonyl (C=O) groups excluding carboxylic acids is 2. The quantitative estimate of drug-likeness (QED) is 0.881. The van der Waals surface area contributed by atoms with Crippen molar-refractivity contribution in [2.45, 2.75) is 40.3 Å². The number of amides is 1. The fraction of sp³-hybridized carbons (Fsp3) is 0.444. The average Bonchev–Trinajstić information content (AvgIpc) is 3.12. The van der Waals surface area contributed by atoms with Gasteiger partial charge in [-0.15, -0.1) is 0 Å². The van der Waals surface area contributed by atoms with Crippen LogP contribution in [0.4, 0.5) is 0 Å². The summed E-state index contributed by atoms with van der Waals surface area (Å²) in [5.74, 6) is -0.463. The topological polar surface area (TPSA) is 67.3 Å². The van der Waals surface area contributed by atoms with Gasteiger partial charge >= 0.3 is 5.97 Å². The minimum absolute atomic E-state index is 0.00435. The summed E-state index contributed by atoms with van der Waals surface area (Å²) in [5.41, 5.74) is 3.39. The smallest absolute Gasteiger partial charge is 0.340 e. The fourth-order valence-corrected chi connectivity index (χ4v) is 3.47. The number of rotatable bonds is 3. The van der Waals surface area contributed by atoms with Gasteiger partial charge in [0.25, 0.3) is 5.91 Å². The number of aromatic amines is 1. The van der Waals surface area contributed by atoms with E-state index in [1.54, 1.807) is 20.8 Å². The highest BCUT2D eigenvalue weighted by Crippen LogP contribution is 2.28. The molecule has 2 aromatic rings. The first-order chi connectivity index (χ1) is 11.5. The van der Waals surface area contributed by atoms with Crippen LogP contribution in [0.25, 0.3) is 0 Å². The van der Waals surface area contributed by atoms with Crippen molar-refractivity contribution in [2.24, 2.45) is 0 Å². The van der Waals surface area contributed by atoms with Crippen LogP contribution in [0.3, 0.4) is 0 Å². The molecule has 128 valence electrons. The third-order valence-electron chi connectivity index (χ3n) is 4.73. The highest BCUT2D eigenvalue weighted by molar-refractivity contribution is 6.00. The van der Waals surface area contributed by atoms with Crippen LogP contribution in [0.15, 0.2) is 18.3 Å². The lowest BCUT2D eigenvalue weighted by Crippen LogP contribution is -2.41. The van der Waals surface area contributed by atoms with Crippen LogP contribution < -0.4 is 0 Å². The van der Waals surface area contributed by atoms with E-state index >= 15 is 0 Å². The lowest BCUT2D eigenvalue weighted by molar-refractivity contribution is 0.0525. The Morgan fingerprint density at radius 1 is 1.33 bits per heavy atom. The number of fused-ring (bicyclic) bond motifs is 1. The van der Waals surface area contributed by atoms with Gasteiger partial charge in [0.15, 0.2) is 0 Å². The maximum atomic E-state index is 13.0. The third-order valence-corrected chi connectivity index (χ3v) is 4.73. The Morgan fingerprint density at radius 3 is 2.79 bits per heavy atom. The Morgan fingerprint density at radius 2 is 2.08 bits per heavy atom. The summed E-state index contributed by atoms with van der Waals surface area (Å²) >= 11 is 0. The van der Waals surface area contributed by atoms with Crippen LogP contribution in [0.5, 0.6) is 0 Å². The maximum Gasteiger partial charge on any atom is 0.340 e. The predicted molar refractivity (Wildman–Crippen MR) is 90.1 cm³/mol. The summed E-state index contributed by atoms with van der Waals surface area (Å²) < 4.78 is 7.27. The van der Waals surface area contributed by atoms with Crippen LogP contribution in [0.2, 0.25) is 0 Å². The molecule has 1 aliphatic heterocycles. The van der Waals surface area contributed by atoms with Gasteiger partial charge in [0.05, 0.1) is 18.2 Å². The fourth-order valence-electron chi connectivity index (χ4n) is 3.47. The van der Waals surface area contributed by atoms with E-state index in [2.05, 4.69) is 9.55 Å². The first-order valence-electron chi connectivity index (χ1n) is 8.28. The molecule has 0 radical (unpaired) electrons. The van der Waals surface area contributed by atoms with E-state index in [1.165, 1.54) is 0 Å². The van der Waals surface area contributed by atoms with Crippen LogP contribution >= 0.6 is 0 Å². The Bertz CT molecular complexity index is 788. The minimum Gasteiger partial charge on any atom is -0.462 e. The SMILES string of the molecule is CCOC(=O)c1c(C)[nH]c(C(=O)N2CCn3cccc3[C@@H]2C)c1C. The minimum atomic E-state index is -0.386. The van der Waals surface area contributed by atoms with Crippen molar-refractivity contribution >= 4 is 11.9 Å². The molecule has 0 aliphatic carbocycles. The van der Waals surface area contributed by atoms with Gasteiger partial charge in [-0.25, -0.2) is 4.79 Å². The Balaban J connectivity index is 1.91. The monoisotopic (exact) mass is 329 g/mol. The van der Waals surface area contributed by atoms with E-state index in [1.807, 2.05) is 30.2 Å². The second-order valence-electron chi connectivity index (χ2n) is 6.15. The van der Waals surface area contributed by atoms with Crippen LogP contribution in [0, 0.1) is 13.8 Å². The van der Waals surface area contributed by atoms with Gasteiger partial charge in [-0.1, -0.05) is 0 Å². The third kappa shape index (κ3) is 2.52. The number of aryl methyl sites for hydroxylation is 1. The van der Waals surface area contributed by atoms with Gasteiger partial charge in [-0.05, 0) is 45.4 Å². The number of H-pyrrole nitrogens is 1. The first kappa shape index (κ1) is 16.4. The van der Waals surface area contributed by atoms with Gasteiger partial charge in [0.2, 0.25) is 0 Å². The van der Waals surface area contributed by atoms with Crippen molar-refractivity contribution in [1.82, 2.24) is 14.5 Å². The average molecular weight is 329 g/mol. The van der Waals surface area contributed by atoms with Gasteiger partial charge in [0, 0.05) is 30.7 Å². The van der Waals surface area contributed by atoms with Crippen molar-refractivity contribution in [3.63, 3.8) is 0 Å². The molecule has 0 fully saturated rings. The summed E-state index contributed by atoms with van der Waals surface area (Å²) in [4.78, 5) is 30.1. The van der Waals surface area contributed by atoms with E-state index in [0.29, 0.717) is 35.7 Å². The van der Waals surface area contributed by atoms with Crippen molar-refractivity contribution in [1.29, 1.82) is 0 Å². The lowest BCUT2D eigenvalue weighted by Gasteiger charge is -2.34. The number of hydrogen-bond donors (Lipinski definition) is 1. The van der Waals surface area contributed by atoms with Crippen LogP contribution in [-0.4, -0.2) is 39.5 Å². The highest BCUT2D eigenvalue weighted by Gasteiger charge is 2.31. The van der Waals surface area contributed by atoms with E-state index in [4.69, 9.17) is 4.74 Å². The van der Waals surface area contributed by atoms with Gasteiger partial charge in [0.1, 0.15) is 5.69 Å².